The van der Waals surface area contributed by atoms with Crippen molar-refractivity contribution in [2.45, 2.75) is 38.8 Å². The van der Waals surface area contributed by atoms with Gasteiger partial charge in [0.25, 0.3) is 0 Å². The van der Waals surface area contributed by atoms with E-state index >= 15 is 0 Å². The van der Waals surface area contributed by atoms with E-state index in [1.807, 2.05) is 6.92 Å². The normalized spacial score (nSPS) is 14.7. The molecule has 2 aromatic rings. The quantitative estimate of drug-likeness (QED) is 0.744. The molecule has 26 heavy (non-hydrogen) atoms. The van der Waals surface area contributed by atoms with Crippen molar-refractivity contribution in [3.63, 3.8) is 0 Å². The third kappa shape index (κ3) is 3.99. The molecular formula is C18H21ClF3N3O. The van der Waals surface area contributed by atoms with Gasteiger partial charge in [-0.15, -0.1) is 0 Å². The Hall–Kier alpha value is -1.73. The smallest absolute Gasteiger partial charge is 0.381 e. The lowest BCUT2D eigenvalue weighted by Gasteiger charge is -2.16. The lowest BCUT2D eigenvalue weighted by molar-refractivity contribution is -0.137. The summed E-state index contributed by atoms with van der Waals surface area (Å²) in [7, 11) is 0. The first-order chi connectivity index (χ1) is 12.4. The van der Waals surface area contributed by atoms with Gasteiger partial charge in [-0.05, 0) is 44.4 Å². The van der Waals surface area contributed by atoms with Crippen molar-refractivity contribution < 1.29 is 17.9 Å². The lowest BCUT2D eigenvalue weighted by atomic mass is 10.1. The van der Waals surface area contributed by atoms with Crippen molar-refractivity contribution in [2.75, 3.05) is 25.1 Å². The van der Waals surface area contributed by atoms with Crippen LogP contribution in [0.3, 0.4) is 0 Å². The van der Waals surface area contributed by atoms with Gasteiger partial charge in [0.2, 0.25) is 0 Å². The zero-order chi connectivity index (χ0) is 18.7. The second-order valence-corrected chi connectivity index (χ2v) is 6.61. The molecule has 1 aromatic heterocycles. The third-order valence-electron chi connectivity index (χ3n) is 4.39. The first-order valence-electron chi connectivity index (χ1n) is 8.71. The standard InChI is InChI=1S/C18H21ClF3N3O/c1-2-26-10-8-15-13-5-3-4-9-23-17(13)25(24-15)16-7-6-12(19)11-14(16)18(20,21)22/h6-7,11,23H,2-5,8-10H2,1H3. The van der Waals surface area contributed by atoms with Gasteiger partial charge < -0.3 is 10.1 Å². The second kappa shape index (κ2) is 7.88. The maximum absolute atomic E-state index is 13.5. The van der Waals surface area contributed by atoms with Crippen molar-refractivity contribution >= 4 is 17.4 Å². The maximum Gasteiger partial charge on any atom is 0.418 e. The number of hydrogen-bond donors (Lipinski definition) is 1. The van der Waals surface area contributed by atoms with E-state index in [1.54, 1.807) is 0 Å². The average Bonchev–Trinajstić information content (AvgIpc) is 2.77. The van der Waals surface area contributed by atoms with Crippen molar-refractivity contribution in [2.24, 2.45) is 0 Å². The Kier molecular flexibility index (Phi) is 5.77. The molecule has 0 fully saturated rings. The van der Waals surface area contributed by atoms with Gasteiger partial charge in [-0.1, -0.05) is 11.6 Å². The summed E-state index contributed by atoms with van der Waals surface area (Å²) in [5, 5.41) is 7.81. The Morgan fingerprint density at radius 2 is 2.12 bits per heavy atom. The lowest BCUT2D eigenvalue weighted by Crippen LogP contribution is -2.14. The number of hydrogen-bond acceptors (Lipinski definition) is 3. The van der Waals surface area contributed by atoms with Gasteiger partial charge in [-0.2, -0.15) is 18.3 Å². The van der Waals surface area contributed by atoms with E-state index in [2.05, 4.69) is 10.4 Å². The number of anilines is 1. The minimum atomic E-state index is -4.52. The SMILES string of the molecule is CCOCCc1nn(-c2ccc(Cl)cc2C(F)(F)F)c2c1CCCCN2. The van der Waals surface area contributed by atoms with E-state index in [0.717, 1.165) is 36.6 Å². The summed E-state index contributed by atoms with van der Waals surface area (Å²) in [6.45, 7) is 3.70. The summed E-state index contributed by atoms with van der Waals surface area (Å²) in [5.41, 5.74) is 0.948. The van der Waals surface area contributed by atoms with Crippen LogP contribution in [0, 0.1) is 0 Å². The molecule has 1 N–H and O–H groups in total. The van der Waals surface area contributed by atoms with E-state index < -0.39 is 11.7 Å². The van der Waals surface area contributed by atoms with Crippen LogP contribution < -0.4 is 5.32 Å². The summed E-state index contributed by atoms with van der Waals surface area (Å²) < 4.78 is 47.4. The molecule has 1 aliphatic rings. The van der Waals surface area contributed by atoms with Gasteiger partial charge in [-0.3, -0.25) is 0 Å². The molecule has 0 spiro atoms. The largest absolute Gasteiger partial charge is 0.418 e. The Bertz CT molecular complexity index is 774. The predicted octanol–water partition coefficient (Wildman–Crippen LogP) is 4.87. The molecule has 3 rings (SSSR count). The molecular weight excluding hydrogens is 367 g/mol. The molecule has 0 bridgehead atoms. The van der Waals surface area contributed by atoms with Gasteiger partial charge in [0, 0.05) is 30.2 Å². The summed E-state index contributed by atoms with van der Waals surface area (Å²) >= 11 is 5.81. The van der Waals surface area contributed by atoms with Gasteiger partial charge in [-0.25, -0.2) is 4.68 Å². The van der Waals surface area contributed by atoms with Crippen LogP contribution in [0.25, 0.3) is 5.69 Å². The number of ether oxygens (including phenoxy) is 1. The van der Waals surface area contributed by atoms with Crippen molar-refractivity contribution in [1.82, 2.24) is 9.78 Å². The number of fused-ring (bicyclic) bond motifs is 1. The molecule has 0 aliphatic carbocycles. The Balaban J connectivity index is 2.11. The highest BCUT2D eigenvalue weighted by Crippen LogP contribution is 2.38. The van der Waals surface area contributed by atoms with E-state index in [4.69, 9.17) is 16.3 Å². The highest BCUT2D eigenvalue weighted by Gasteiger charge is 2.35. The monoisotopic (exact) mass is 387 g/mol. The maximum atomic E-state index is 13.5. The predicted molar refractivity (Wildman–Crippen MR) is 95.2 cm³/mol. The van der Waals surface area contributed by atoms with Gasteiger partial charge in [0.05, 0.1) is 23.6 Å². The number of halogens is 4. The van der Waals surface area contributed by atoms with Crippen LogP contribution in [0.5, 0.6) is 0 Å². The molecule has 0 unspecified atom stereocenters. The molecule has 8 heteroatoms. The van der Waals surface area contributed by atoms with Crippen LogP contribution >= 0.6 is 11.6 Å². The summed E-state index contributed by atoms with van der Waals surface area (Å²) in [6.07, 6.45) is -1.22. The van der Waals surface area contributed by atoms with Gasteiger partial charge in [0.15, 0.2) is 0 Å². The highest BCUT2D eigenvalue weighted by atomic mass is 35.5. The zero-order valence-electron chi connectivity index (χ0n) is 14.5. The highest BCUT2D eigenvalue weighted by molar-refractivity contribution is 6.30. The van der Waals surface area contributed by atoms with E-state index in [1.165, 1.54) is 16.8 Å². The average molecular weight is 388 g/mol. The van der Waals surface area contributed by atoms with Crippen LogP contribution in [0.2, 0.25) is 5.02 Å². The molecule has 0 radical (unpaired) electrons. The van der Waals surface area contributed by atoms with Gasteiger partial charge >= 0.3 is 6.18 Å². The summed E-state index contributed by atoms with van der Waals surface area (Å²) in [6, 6.07) is 3.77. The summed E-state index contributed by atoms with van der Waals surface area (Å²) in [5.74, 6) is 0.641. The number of rotatable bonds is 5. The molecule has 0 atom stereocenters. The number of nitrogens with one attached hydrogen (secondary N) is 1. The molecule has 2 heterocycles. The fraction of sp³-hybridized carbons (Fsp3) is 0.500. The number of aromatic nitrogens is 2. The summed E-state index contributed by atoms with van der Waals surface area (Å²) in [4.78, 5) is 0. The topological polar surface area (TPSA) is 39.1 Å². The fourth-order valence-corrected chi connectivity index (χ4v) is 3.35. The van der Waals surface area contributed by atoms with Crippen LogP contribution in [-0.2, 0) is 23.8 Å². The molecule has 0 saturated heterocycles. The fourth-order valence-electron chi connectivity index (χ4n) is 3.18. The zero-order valence-corrected chi connectivity index (χ0v) is 15.3. The van der Waals surface area contributed by atoms with Crippen LogP contribution in [-0.4, -0.2) is 29.5 Å². The minimum Gasteiger partial charge on any atom is -0.381 e. The first-order valence-corrected chi connectivity index (χ1v) is 9.09. The second-order valence-electron chi connectivity index (χ2n) is 6.18. The Labute approximate surface area is 155 Å². The van der Waals surface area contributed by atoms with E-state index in [9.17, 15) is 13.2 Å². The minimum absolute atomic E-state index is 0.0183. The Morgan fingerprint density at radius 1 is 1.31 bits per heavy atom. The van der Waals surface area contributed by atoms with Crippen LogP contribution in [0.1, 0.15) is 36.6 Å². The van der Waals surface area contributed by atoms with Crippen molar-refractivity contribution in [3.05, 3.63) is 40.0 Å². The molecule has 1 aromatic carbocycles. The Morgan fingerprint density at radius 3 is 2.85 bits per heavy atom. The molecule has 4 nitrogen and oxygen atoms in total. The molecule has 1 aliphatic heterocycles. The molecule has 0 amide bonds. The van der Waals surface area contributed by atoms with Crippen LogP contribution in [0.15, 0.2) is 18.2 Å². The number of nitrogens with zero attached hydrogens (tertiary/aromatic N) is 2. The number of benzene rings is 1. The molecule has 0 saturated carbocycles. The van der Waals surface area contributed by atoms with Crippen molar-refractivity contribution in [1.29, 1.82) is 0 Å². The van der Waals surface area contributed by atoms with Crippen LogP contribution in [0.4, 0.5) is 19.0 Å². The number of alkyl halides is 3. The third-order valence-corrected chi connectivity index (χ3v) is 4.63. The molecule has 142 valence electrons. The first kappa shape index (κ1) is 19.0. The van der Waals surface area contributed by atoms with E-state index in [0.29, 0.717) is 32.0 Å². The van der Waals surface area contributed by atoms with E-state index in [-0.39, 0.29) is 10.7 Å². The van der Waals surface area contributed by atoms with Crippen molar-refractivity contribution in [3.8, 4) is 5.69 Å². The van der Waals surface area contributed by atoms with Gasteiger partial charge in [0.1, 0.15) is 5.82 Å².